The minimum Gasteiger partial charge on any atom is -0.321 e. The summed E-state index contributed by atoms with van der Waals surface area (Å²) >= 11 is 0. The Labute approximate surface area is 138 Å². The average Bonchev–Trinajstić information content (AvgIpc) is 2.81. The molecule has 1 saturated heterocycles. The lowest BCUT2D eigenvalue weighted by atomic mass is 9.58. The summed E-state index contributed by atoms with van der Waals surface area (Å²) in [6.07, 6.45) is 10.6. The summed E-state index contributed by atoms with van der Waals surface area (Å²) in [5, 5.41) is 0. The van der Waals surface area contributed by atoms with Crippen molar-refractivity contribution in [2.75, 3.05) is 0 Å². The zero-order valence-corrected chi connectivity index (χ0v) is 14.2. The molecule has 0 unspecified atom stereocenters. The number of hydrogen-bond acceptors (Lipinski definition) is 3. The second kappa shape index (κ2) is 4.58. The van der Waals surface area contributed by atoms with Crippen LogP contribution in [0.4, 0.5) is 0 Å². The highest BCUT2D eigenvalue weighted by atomic mass is 16.9. The van der Waals surface area contributed by atoms with E-state index in [2.05, 4.69) is 13.0 Å². The topological polar surface area (TPSA) is 35.5 Å². The third-order valence-electron chi connectivity index (χ3n) is 7.30. The van der Waals surface area contributed by atoms with Crippen molar-refractivity contribution in [1.82, 2.24) is 0 Å². The molecule has 2 fully saturated rings. The van der Waals surface area contributed by atoms with Gasteiger partial charge >= 0.3 is 0 Å². The standard InChI is InChI=1S/C20H26O3/c1-12-22-20(23-12)10-8-14-13(11-20)3-4-16-15(14)7-9-19(2)17(16)5-6-18(19)21/h7,12,16-17H,3-6,8-11H2,1-2H3/t12?,16-,17+,19+,20?/m1/s1. The lowest BCUT2D eigenvalue weighted by Crippen LogP contribution is -2.54. The molecule has 5 rings (SSSR count). The van der Waals surface area contributed by atoms with Crippen molar-refractivity contribution in [3.05, 3.63) is 22.8 Å². The molecule has 5 aliphatic rings. The first kappa shape index (κ1) is 14.4. The number of fused-ring (bicyclic) bond motifs is 4. The minimum absolute atomic E-state index is 0.0346. The number of allylic oxidation sites excluding steroid dienone is 3. The van der Waals surface area contributed by atoms with Gasteiger partial charge in [0.2, 0.25) is 0 Å². The van der Waals surface area contributed by atoms with Crippen LogP contribution in [0.25, 0.3) is 0 Å². The number of ketones is 1. The van der Waals surface area contributed by atoms with Crippen LogP contribution in [0.1, 0.15) is 65.2 Å². The third-order valence-corrected chi connectivity index (χ3v) is 7.30. The van der Waals surface area contributed by atoms with Crippen LogP contribution in [0.2, 0.25) is 0 Å². The first-order valence-electron chi connectivity index (χ1n) is 9.31. The fourth-order valence-electron chi connectivity index (χ4n) is 6.15. The van der Waals surface area contributed by atoms with Gasteiger partial charge in [-0.1, -0.05) is 18.6 Å². The Balaban J connectivity index is 1.47. The number of carbonyl (C=O) groups is 1. The predicted molar refractivity (Wildman–Crippen MR) is 86.5 cm³/mol. The Bertz CT molecular complexity index is 637. The number of hydrogen-bond donors (Lipinski definition) is 0. The van der Waals surface area contributed by atoms with Gasteiger partial charge in [-0.15, -0.1) is 0 Å². The van der Waals surface area contributed by atoms with E-state index in [4.69, 9.17) is 9.47 Å². The van der Waals surface area contributed by atoms with Gasteiger partial charge in [0.1, 0.15) is 5.78 Å². The molecule has 4 aliphatic carbocycles. The summed E-state index contributed by atoms with van der Waals surface area (Å²) in [6.45, 7) is 4.20. The van der Waals surface area contributed by atoms with Gasteiger partial charge in [0, 0.05) is 24.7 Å². The monoisotopic (exact) mass is 314 g/mol. The van der Waals surface area contributed by atoms with Crippen LogP contribution in [-0.4, -0.2) is 17.9 Å². The molecular formula is C20H26O3. The lowest BCUT2D eigenvalue weighted by Gasteiger charge is -2.52. The molecule has 0 aromatic heterocycles. The maximum Gasteiger partial charge on any atom is 0.178 e. The van der Waals surface area contributed by atoms with E-state index in [1.807, 2.05) is 6.92 Å². The Morgan fingerprint density at radius 3 is 2.78 bits per heavy atom. The van der Waals surface area contributed by atoms with Gasteiger partial charge in [0.05, 0.1) is 0 Å². The number of Topliss-reactive ketones (excluding diaryl/α,β-unsaturated/α-hetero) is 1. The molecule has 0 aromatic rings. The van der Waals surface area contributed by atoms with E-state index in [0.29, 0.717) is 17.6 Å². The molecule has 124 valence electrons. The molecule has 1 saturated carbocycles. The molecule has 23 heavy (non-hydrogen) atoms. The highest BCUT2D eigenvalue weighted by Crippen LogP contribution is 2.59. The van der Waals surface area contributed by atoms with Crippen LogP contribution in [0.5, 0.6) is 0 Å². The second-order valence-corrected chi connectivity index (χ2v) is 8.47. The first-order valence-corrected chi connectivity index (χ1v) is 9.31. The summed E-state index contributed by atoms with van der Waals surface area (Å²) in [6, 6.07) is 0. The predicted octanol–water partition coefficient (Wildman–Crippen LogP) is 4.28. The summed E-state index contributed by atoms with van der Waals surface area (Å²) in [5.74, 6) is 1.40. The van der Waals surface area contributed by atoms with Crippen molar-refractivity contribution in [1.29, 1.82) is 0 Å². The maximum absolute atomic E-state index is 12.4. The van der Waals surface area contributed by atoms with Gasteiger partial charge in [-0.25, -0.2) is 0 Å². The van der Waals surface area contributed by atoms with Crippen LogP contribution >= 0.6 is 0 Å². The molecule has 3 atom stereocenters. The first-order chi connectivity index (χ1) is 11.0. The summed E-state index contributed by atoms with van der Waals surface area (Å²) in [7, 11) is 0. The van der Waals surface area contributed by atoms with Gasteiger partial charge in [-0.2, -0.15) is 0 Å². The summed E-state index contributed by atoms with van der Waals surface area (Å²) in [4.78, 5) is 12.4. The van der Waals surface area contributed by atoms with Crippen molar-refractivity contribution in [2.45, 2.75) is 77.3 Å². The number of rotatable bonds is 0. The van der Waals surface area contributed by atoms with E-state index in [1.54, 1.807) is 16.7 Å². The molecule has 1 spiro atoms. The van der Waals surface area contributed by atoms with Crippen LogP contribution in [0, 0.1) is 17.3 Å². The van der Waals surface area contributed by atoms with E-state index in [-0.39, 0.29) is 17.5 Å². The Morgan fingerprint density at radius 1 is 1.17 bits per heavy atom. The molecule has 0 N–H and O–H groups in total. The molecule has 1 aliphatic heterocycles. The third kappa shape index (κ3) is 1.87. The van der Waals surface area contributed by atoms with Gasteiger partial charge in [-0.3, -0.25) is 4.79 Å². The van der Waals surface area contributed by atoms with Crippen molar-refractivity contribution < 1.29 is 14.3 Å². The highest BCUT2D eigenvalue weighted by molar-refractivity contribution is 5.87. The van der Waals surface area contributed by atoms with E-state index < -0.39 is 0 Å². The molecule has 3 nitrogen and oxygen atoms in total. The van der Waals surface area contributed by atoms with Crippen LogP contribution < -0.4 is 0 Å². The van der Waals surface area contributed by atoms with Crippen LogP contribution in [-0.2, 0) is 14.3 Å². The zero-order chi connectivity index (χ0) is 15.8. The summed E-state index contributed by atoms with van der Waals surface area (Å²) < 4.78 is 11.9. The quantitative estimate of drug-likeness (QED) is 0.669. The van der Waals surface area contributed by atoms with E-state index >= 15 is 0 Å². The average molecular weight is 314 g/mol. The fourth-order valence-corrected chi connectivity index (χ4v) is 6.15. The lowest BCUT2D eigenvalue weighted by molar-refractivity contribution is -0.447. The van der Waals surface area contributed by atoms with Crippen molar-refractivity contribution in [3.8, 4) is 0 Å². The Hall–Kier alpha value is -0.930. The SMILES string of the molecule is CC1OC2(CCC3=C(CC[C@@H]4C3=CC[C@]3(C)C(=O)CC[C@@H]43)C2)O1. The van der Waals surface area contributed by atoms with E-state index in [0.717, 1.165) is 38.5 Å². The summed E-state index contributed by atoms with van der Waals surface area (Å²) in [5.41, 5.74) is 4.68. The normalized spacial score (nSPS) is 48.5. The molecule has 1 heterocycles. The largest absolute Gasteiger partial charge is 0.321 e. The highest BCUT2D eigenvalue weighted by Gasteiger charge is 2.54. The Kier molecular flexibility index (Phi) is 2.87. The van der Waals surface area contributed by atoms with Crippen molar-refractivity contribution in [3.63, 3.8) is 0 Å². The Morgan fingerprint density at radius 2 is 2.00 bits per heavy atom. The molecule has 0 aromatic carbocycles. The van der Waals surface area contributed by atoms with E-state index in [9.17, 15) is 4.79 Å². The number of ether oxygens (including phenoxy) is 2. The van der Waals surface area contributed by atoms with Crippen molar-refractivity contribution in [2.24, 2.45) is 17.3 Å². The number of carbonyl (C=O) groups excluding carboxylic acids is 1. The molecular weight excluding hydrogens is 288 g/mol. The molecule has 0 amide bonds. The maximum atomic E-state index is 12.4. The van der Waals surface area contributed by atoms with Gasteiger partial charge in [0.15, 0.2) is 12.1 Å². The molecule has 3 heteroatoms. The fraction of sp³-hybridized carbons (Fsp3) is 0.750. The smallest absolute Gasteiger partial charge is 0.178 e. The molecule has 0 bridgehead atoms. The van der Waals surface area contributed by atoms with Gasteiger partial charge < -0.3 is 9.47 Å². The van der Waals surface area contributed by atoms with Gasteiger partial charge in [-0.05, 0) is 62.0 Å². The van der Waals surface area contributed by atoms with Crippen LogP contribution in [0.15, 0.2) is 22.8 Å². The minimum atomic E-state index is -0.307. The van der Waals surface area contributed by atoms with Gasteiger partial charge in [0.25, 0.3) is 0 Å². The van der Waals surface area contributed by atoms with Crippen molar-refractivity contribution >= 4 is 5.78 Å². The second-order valence-electron chi connectivity index (χ2n) is 8.47. The van der Waals surface area contributed by atoms with E-state index in [1.165, 1.54) is 12.8 Å². The zero-order valence-electron chi connectivity index (χ0n) is 14.2. The molecule has 0 radical (unpaired) electrons. The van der Waals surface area contributed by atoms with Crippen LogP contribution in [0.3, 0.4) is 0 Å².